The third-order valence-electron chi connectivity index (χ3n) is 3.87. The monoisotopic (exact) mass is 360 g/mol. The third kappa shape index (κ3) is 2.92. The highest BCUT2D eigenvalue weighted by molar-refractivity contribution is 14.1. The lowest BCUT2D eigenvalue weighted by atomic mass is 9.99. The standard InChI is InChI=1S/C18H17I/c1-13(15-6-8-18(19)9-7-15)10-14-11-16-4-2-3-5-17(16)12-14/h2-10,14H,11-12H2,1H3/b13-10+. The van der Waals surface area contributed by atoms with Gasteiger partial charge in [0, 0.05) is 3.57 Å². The molecule has 0 unspecified atom stereocenters. The number of fused-ring (bicyclic) bond motifs is 1. The Hall–Kier alpha value is -1.09. The van der Waals surface area contributed by atoms with Crippen molar-refractivity contribution < 1.29 is 0 Å². The minimum atomic E-state index is 0.664. The van der Waals surface area contributed by atoms with Crippen molar-refractivity contribution in [3.8, 4) is 0 Å². The van der Waals surface area contributed by atoms with Crippen LogP contribution in [0.5, 0.6) is 0 Å². The van der Waals surface area contributed by atoms with E-state index < -0.39 is 0 Å². The van der Waals surface area contributed by atoms with E-state index in [1.165, 1.54) is 38.7 Å². The van der Waals surface area contributed by atoms with Gasteiger partial charge in [-0.1, -0.05) is 42.5 Å². The fourth-order valence-electron chi connectivity index (χ4n) is 2.87. The quantitative estimate of drug-likeness (QED) is 0.653. The van der Waals surface area contributed by atoms with Gasteiger partial charge in [-0.15, -0.1) is 0 Å². The van der Waals surface area contributed by atoms with E-state index in [0.717, 1.165) is 0 Å². The number of rotatable bonds is 2. The predicted octanol–water partition coefficient (Wildman–Crippen LogP) is 5.11. The van der Waals surface area contributed by atoms with Gasteiger partial charge < -0.3 is 0 Å². The average molecular weight is 360 g/mol. The Morgan fingerprint density at radius 2 is 1.58 bits per heavy atom. The SMILES string of the molecule is C/C(=C\C1Cc2ccccc2C1)c1ccc(I)cc1. The van der Waals surface area contributed by atoms with Crippen LogP contribution in [-0.2, 0) is 12.8 Å². The molecule has 96 valence electrons. The van der Waals surface area contributed by atoms with Crippen LogP contribution in [-0.4, -0.2) is 0 Å². The minimum absolute atomic E-state index is 0.664. The van der Waals surface area contributed by atoms with Crippen LogP contribution >= 0.6 is 22.6 Å². The van der Waals surface area contributed by atoms with Crippen LogP contribution in [0.15, 0.2) is 54.6 Å². The van der Waals surface area contributed by atoms with Crippen molar-refractivity contribution in [1.29, 1.82) is 0 Å². The molecule has 2 aromatic carbocycles. The second kappa shape index (κ2) is 5.49. The van der Waals surface area contributed by atoms with Crippen molar-refractivity contribution in [2.45, 2.75) is 19.8 Å². The van der Waals surface area contributed by atoms with Gasteiger partial charge in [0.25, 0.3) is 0 Å². The van der Waals surface area contributed by atoms with Crippen LogP contribution < -0.4 is 0 Å². The Balaban J connectivity index is 1.79. The van der Waals surface area contributed by atoms with Crippen molar-refractivity contribution in [2.24, 2.45) is 5.92 Å². The number of benzene rings is 2. The van der Waals surface area contributed by atoms with Crippen molar-refractivity contribution in [1.82, 2.24) is 0 Å². The fraction of sp³-hybridized carbons (Fsp3) is 0.222. The van der Waals surface area contributed by atoms with E-state index in [-0.39, 0.29) is 0 Å². The maximum atomic E-state index is 2.45. The van der Waals surface area contributed by atoms with Crippen LogP contribution in [0.2, 0.25) is 0 Å². The summed E-state index contributed by atoms with van der Waals surface area (Å²) in [5.41, 5.74) is 5.80. The van der Waals surface area contributed by atoms with Crippen molar-refractivity contribution in [3.63, 3.8) is 0 Å². The van der Waals surface area contributed by atoms with E-state index in [1.54, 1.807) is 0 Å². The first-order chi connectivity index (χ1) is 9.22. The Kier molecular flexibility index (Phi) is 3.74. The fourth-order valence-corrected chi connectivity index (χ4v) is 3.23. The van der Waals surface area contributed by atoms with Crippen LogP contribution in [0, 0.1) is 9.49 Å². The summed E-state index contributed by atoms with van der Waals surface area (Å²) in [4.78, 5) is 0. The van der Waals surface area contributed by atoms with Gasteiger partial charge in [-0.3, -0.25) is 0 Å². The molecule has 0 spiro atoms. The molecular weight excluding hydrogens is 343 g/mol. The lowest BCUT2D eigenvalue weighted by molar-refractivity contribution is 0.705. The maximum absolute atomic E-state index is 2.45. The van der Waals surface area contributed by atoms with E-state index in [1.807, 2.05) is 0 Å². The van der Waals surface area contributed by atoms with E-state index in [9.17, 15) is 0 Å². The van der Waals surface area contributed by atoms with Crippen LogP contribution in [0.25, 0.3) is 5.57 Å². The smallest absolute Gasteiger partial charge is 0.0130 e. The molecule has 2 aromatic rings. The van der Waals surface area contributed by atoms with Crippen LogP contribution in [0.4, 0.5) is 0 Å². The zero-order valence-corrected chi connectivity index (χ0v) is 13.2. The predicted molar refractivity (Wildman–Crippen MR) is 90.2 cm³/mol. The average Bonchev–Trinajstić information content (AvgIpc) is 2.81. The second-order valence-electron chi connectivity index (χ2n) is 5.29. The molecule has 3 rings (SSSR count). The Morgan fingerprint density at radius 3 is 2.16 bits per heavy atom. The van der Waals surface area contributed by atoms with E-state index in [2.05, 4.69) is 84.1 Å². The zero-order chi connectivity index (χ0) is 13.2. The van der Waals surface area contributed by atoms with Gasteiger partial charge in [0.2, 0.25) is 0 Å². The van der Waals surface area contributed by atoms with E-state index in [4.69, 9.17) is 0 Å². The summed E-state index contributed by atoms with van der Waals surface area (Å²) in [6.07, 6.45) is 4.83. The van der Waals surface area contributed by atoms with Gasteiger partial charge >= 0.3 is 0 Å². The first kappa shape index (κ1) is 12.9. The summed E-state index contributed by atoms with van der Waals surface area (Å²) in [6, 6.07) is 17.6. The van der Waals surface area contributed by atoms with Crippen LogP contribution in [0.1, 0.15) is 23.6 Å². The molecule has 0 saturated heterocycles. The highest BCUT2D eigenvalue weighted by atomic mass is 127. The highest BCUT2D eigenvalue weighted by Gasteiger charge is 2.19. The Morgan fingerprint density at radius 1 is 1.00 bits per heavy atom. The van der Waals surface area contributed by atoms with Gasteiger partial charge in [0.05, 0.1) is 0 Å². The molecule has 1 aliphatic rings. The lowest BCUT2D eigenvalue weighted by Gasteiger charge is -2.07. The summed E-state index contributed by atoms with van der Waals surface area (Å²) in [6.45, 7) is 2.23. The molecule has 0 heterocycles. The summed E-state index contributed by atoms with van der Waals surface area (Å²) in [5, 5.41) is 0. The lowest BCUT2D eigenvalue weighted by Crippen LogP contribution is -1.95. The minimum Gasteiger partial charge on any atom is -0.0772 e. The summed E-state index contributed by atoms with van der Waals surface area (Å²) >= 11 is 2.35. The molecular formula is C18H17I. The topological polar surface area (TPSA) is 0 Å². The van der Waals surface area contributed by atoms with Gasteiger partial charge in [0.15, 0.2) is 0 Å². The van der Waals surface area contributed by atoms with E-state index >= 15 is 0 Å². The number of hydrogen-bond acceptors (Lipinski definition) is 0. The van der Waals surface area contributed by atoms with Gasteiger partial charge in [0.1, 0.15) is 0 Å². The molecule has 0 aliphatic heterocycles. The first-order valence-corrected chi connectivity index (χ1v) is 7.81. The van der Waals surface area contributed by atoms with Crippen LogP contribution in [0.3, 0.4) is 0 Å². The van der Waals surface area contributed by atoms with Crippen molar-refractivity contribution in [2.75, 3.05) is 0 Å². The molecule has 0 nitrogen and oxygen atoms in total. The molecule has 0 saturated carbocycles. The van der Waals surface area contributed by atoms with Crippen molar-refractivity contribution >= 4 is 28.2 Å². The normalized spacial score (nSPS) is 15.6. The Bertz CT molecular complexity index is 583. The molecule has 19 heavy (non-hydrogen) atoms. The van der Waals surface area contributed by atoms with Gasteiger partial charge in [-0.25, -0.2) is 0 Å². The Labute approximate surface area is 128 Å². The summed E-state index contributed by atoms with van der Waals surface area (Å²) in [7, 11) is 0. The molecule has 1 aliphatic carbocycles. The summed E-state index contributed by atoms with van der Waals surface area (Å²) < 4.78 is 1.29. The molecule has 0 amide bonds. The molecule has 0 atom stereocenters. The first-order valence-electron chi connectivity index (χ1n) is 6.73. The second-order valence-corrected chi connectivity index (χ2v) is 6.54. The van der Waals surface area contributed by atoms with E-state index in [0.29, 0.717) is 5.92 Å². The molecule has 0 fully saturated rings. The zero-order valence-electron chi connectivity index (χ0n) is 11.1. The van der Waals surface area contributed by atoms with Gasteiger partial charge in [-0.05, 0) is 82.7 Å². The third-order valence-corrected chi connectivity index (χ3v) is 4.59. The molecule has 0 bridgehead atoms. The highest BCUT2D eigenvalue weighted by Crippen LogP contribution is 2.29. The number of halogens is 1. The molecule has 0 N–H and O–H groups in total. The largest absolute Gasteiger partial charge is 0.0772 e. The summed E-state index contributed by atoms with van der Waals surface area (Å²) in [5.74, 6) is 0.664. The maximum Gasteiger partial charge on any atom is 0.0130 e. The molecule has 0 radical (unpaired) electrons. The van der Waals surface area contributed by atoms with Crippen molar-refractivity contribution in [3.05, 3.63) is 74.9 Å². The molecule has 1 heteroatoms. The number of allylic oxidation sites excluding steroid dienone is 2. The molecule has 0 aromatic heterocycles. The number of hydrogen-bond donors (Lipinski definition) is 0. The van der Waals surface area contributed by atoms with Gasteiger partial charge in [-0.2, -0.15) is 0 Å².